The van der Waals surface area contributed by atoms with Crippen LogP contribution >= 0.6 is 35.7 Å². The van der Waals surface area contributed by atoms with Crippen LogP contribution in [-0.2, 0) is 9.59 Å². The van der Waals surface area contributed by atoms with Crippen molar-refractivity contribution in [1.82, 2.24) is 4.90 Å². The van der Waals surface area contributed by atoms with Gasteiger partial charge in [-0.3, -0.25) is 14.5 Å². The summed E-state index contributed by atoms with van der Waals surface area (Å²) >= 11 is 7.94. The number of rotatable bonds is 6. The Bertz CT molecular complexity index is 820. The van der Waals surface area contributed by atoms with Gasteiger partial charge in [0, 0.05) is 11.4 Å². The van der Waals surface area contributed by atoms with Crippen LogP contribution in [0.1, 0.15) is 19.8 Å². The normalized spacial score (nSPS) is 19.7. The summed E-state index contributed by atoms with van der Waals surface area (Å²) in [6.45, 7) is 2.67. The molecule has 3 rings (SSSR count). The standard InChI is InChI=1S/C18H18N2O3S3/c1-2-3-10-19-12-6-4-5-7-13(12)25-15(19)9-8-14-17(23)20(11-16(21)22)18(24)26-14/h4-9H,2-3,10-11H2,1H3,(H,21,22)/b14-8+,15-9+. The molecule has 1 aromatic carbocycles. The quantitative estimate of drug-likeness (QED) is 0.564. The highest BCUT2D eigenvalue weighted by atomic mass is 32.2. The lowest BCUT2D eigenvalue weighted by Gasteiger charge is -2.19. The number of carbonyl (C=O) groups excluding carboxylic acids is 1. The van der Waals surface area contributed by atoms with Gasteiger partial charge in [-0.2, -0.15) is 0 Å². The molecule has 2 aliphatic heterocycles. The number of amides is 1. The predicted octanol–water partition coefficient (Wildman–Crippen LogP) is 4.07. The second-order valence-electron chi connectivity index (χ2n) is 5.76. The molecular formula is C18H18N2O3S3. The van der Waals surface area contributed by atoms with E-state index in [1.165, 1.54) is 10.6 Å². The Balaban J connectivity index is 1.83. The Kier molecular flexibility index (Phi) is 6.05. The highest BCUT2D eigenvalue weighted by molar-refractivity contribution is 8.26. The number of nitrogens with zero attached hydrogens (tertiary/aromatic N) is 2. The number of carboxylic acids is 1. The average molecular weight is 407 g/mol. The van der Waals surface area contributed by atoms with Crippen LogP contribution in [0.15, 0.2) is 51.2 Å². The van der Waals surface area contributed by atoms with E-state index in [-0.39, 0.29) is 10.2 Å². The van der Waals surface area contributed by atoms with E-state index in [0.717, 1.165) is 41.1 Å². The van der Waals surface area contributed by atoms with Gasteiger partial charge in [0.05, 0.1) is 15.6 Å². The molecule has 2 heterocycles. The molecule has 0 aromatic heterocycles. The molecule has 8 heteroatoms. The van der Waals surface area contributed by atoms with Crippen molar-refractivity contribution in [2.24, 2.45) is 0 Å². The average Bonchev–Trinajstić information content (AvgIpc) is 3.09. The van der Waals surface area contributed by atoms with Crippen LogP contribution in [0.2, 0.25) is 0 Å². The number of anilines is 1. The molecule has 1 N–H and O–H groups in total. The lowest BCUT2D eigenvalue weighted by atomic mass is 10.2. The van der Waals surface area contributed by atoms with Crippen LogP contribution in [0.3, 0.4) is 0 Å². The molecule has 0 bridgehead atoms. The first kappa shape index (κ1) is 19.0. The minimum Gasteiger partial charge on any atom is -0.480 e. The van der Waals surface area contributed by atoms with Gasteiger partial charge in [0.2, 0.25) is 0 Å². The highest BCUT2D eigenvalue weighted by Gasteiger charge is 2.33. The maximum Gasteiger partial charge on any atom is 0.323 e. The Morgan fingerprint density at radius 2 is 2.00 bits per heavy atom. The molecule has 1 aromatic rings. The third-order valence-corrected chi connectivity index (χ3v) is 6.44. The summed E-state index contributed by atoms with van der Waals surface area (Å²) in [6.07, 6.45) is 5.85. The zero-order chi connectivity index (χ0) is 18.7. The van der Waals surface area contributed by atoms with Crippen molar-refractivity contribution >= 4 is 57.6 Å². The zero-order valence-corrected chi connectivity index (χ0v) is 16.6. The Labute approximate surface area is 166 Å². The number of para-hydroxylation sites is 1. The number of aliphatic carboxylic acids is 1. The summed E-state index contributed by atoms with van der Waals surface area (Å²) in [6, 6.07) is 8.24. The monoisotopic (exact) mass is 406 g/mol. The molecule has 1 saturated heterocycles. The molecular weight excluding hydrogens is 388 g/mol. The number of carbonyl (C=O) groups is 2. The van der Waals surface area contributed by atoms with Crippen molar-refractivity contribution in [3.8, 4) is 0 Å². The van der Waals surface area contributed by atoms with Crippen molar-refractivity contribution in [3.05, 3.63) is 46.4 Å². The molecule has 2 aliphatic rings. The largest absolute Gasteiger partial charge is 0.480 e. The molecule has 0 unspecified atom stereocenters. The first-order chi connectivity index (χ1) is 12.5. The summed E-state index contributed by atoms with van der Waals surface area (Å²) < 4.78 is 0.284. The second-order valence-corrected chi connectivity index (χ2v) is 8.50. The molecule has 5 nitrogen and oxygen atoms in total. The lowest BCUT2D eigenvalue weighted by Crippen LogP contribution is -2.33. The Morgan fingerprint density at radius 1 is 1.23 bits per heavy atom. The van der Waals surface area contributed by atoms with Crippen LogP contribution in [0.5, 0.6) is 0 Å². The second kappa shape index (κ2) is 8.28. The minimum atomic E-state index is -1.08. The van der Waals surface area contributed by atoms with Crippen LogP contribution < -0.4 is 4.90 Å². The number of thiocarbonyl (C=S) groups is 1. The van der Waals surface area contributed by atoms with Gasteiger partial charge in [0.15, 0.2) is 0 Å². The van der Waals surface area contributed by atoms with E-state index in [9.17, 15) is 9.59 Å². The number of allylic oxidation sites excluding steroid dienone is 2. The van der Waals surface area contributed by atoms with Gasteiger partial charge in [-0.15, -0.1) is 0 Å². The third kappa shape index (κ3) is 3.97. The maximum absolute atomic E-state index is 12.4. The van der Waals surface area contributed by atoms with Crippen molar-refractivity contribution in [2.45, 2.75) is 24.7 Å². The van der Waals surface area contributed by atoms with Gasteiger partial charge in [-0.25, -0.2) is 0 Å². The van der Waals surface area contributed by atoms with E-state index in [0.29, 0.717) is 4.91 Å². The van der Waals surface area contributed by atoms with Crippen LogP contribution in [0, 0.1) is 0 Å². The first-order valence-corrected chi connectivity index (χ1v) is 10.3. The zero-order valence-electron chi connectivity index (χ0n) is 14.2. The number of unbranched alkanes of at least 4 members (excludes halogenated alkanes) is 1. The van der Waals surface area contributed by atoms with E-state index in [2.05, 4.69) is 24.0 Å². The summed E-state index contributed by atoms with van der Waals surface area (Å²) in [5.74, 6) is -1.42. The molecule has 136 valence electrons. The van der Waals surface area contributed by atoms with Crippen LogP contribution in [0.25, 0.3) is 0 Å². The number of benzene rings is 1. The van der Waals surface area contributed by atoms with Crippen molar-refractivity contribution in [1.29, 1.82) is 0 Å². The van der Waals surface area contributed by atoms with E-state index < -0.39 is 12.5 Å². The lowest BCUT2D eigenvalue weighted by molar-refractivity contribution is -0.140. The number of hydrogen-bond donors (Lipinski definition) is 1. The molecule has 0 saturated carbocycles. The molecule has 0 aliphatic carbocycles. The molecule has 1 fully saturated rings. The van der Waals surface area contributed by atoms with Gasteiger partial charge < -0.3 is 10.0 Å². The summed E-state index contributed by atoms with van der Waals surface area (Å²) in [4.78, 5) is 28.3. The Morgan fingerprint density at radius 3 is 2.73 bits per heavy atom. The predicted molar refractivity (Wildman–Crippen MR) is 110 cm³/mol. The summed E-state index contributed by atoms with van der Waals surface area (Å²) in [7, 11) is 0. The smallest absolute Gasteiger partial charge is 0.323 e. The number of fused-ring (bicyclic) bond motifs is 1. The molecule has 0 spiro atoms. The maximum atomic E-state index is 12.4. The van der Waals surface area contributed by atoms with Crippen molar-refractivity contribution in [3.63, 3.8) is 0 Å². The molecule has 26 heavy (non-hydrogen) atoms. The molecule has 0 radical (unpaired) electrons. The fraction of sp³-hybridized carbons (Fsp3) is 0.278. The fourth-order valence-electron chi connectivity index (χ4n) is 2.66. The van der Waals surface area contributed by atoms with Crippen molar-refractivity contribution in [2.75, 3.05) is 18.0 Å². The minimum absolute atomic E-state index is 0.284. The van der Waals surface area contributed by atoms with Crippen molar-refractivity contribution < 1.29 is 14.7 Å². The van der Waals surface area contributed by atoms with E-state index in [4.69, 9.17) is 17.3 Å². The number of hydrogen-bond acceptors (Lipinski definition) is 6. The molecule has 0 atom stereocenters. The van der Waals surface area contributed by atoms with Gasteiger partial charge in [-0.1, -0.05) is 61.2 Å². The number of carboxylic acid groups (broad SMARTS) is 1. The topological polar surface area (TPSA) is 60.9 Å². The van der Waals surface area contributed by atoms with Crippen LogP contribution in [0.4, 0.5) is 5.69 Å². The number of thioether (sulfide) groups is 2. The Hall–Kier alpha value is -1.77. The van der Waals surface area contributed by atoms with Gasteiger partial charge >= 0.3 is 5.97 Å². The first-order valence-electron chi connectivity index (χ1n) is 8.23. The third-order valence-electron chi connectivity index (χ3n) is 3.92. The van der Waals surface area contributed by atoms with Gasteiger partial charge in [0.1, 0.15) is 10.9 Å². The van der Waals surface area contributed by atoms with E-state index in [1.807, 2.05) is 18.2 Å². The fourth-order valence-corrected chi connectivity index (χ4v) is 4.94. The highest BCUT2D eigenvalue weighted by Crippen LogP contribution is 2.46. The molecule has 1 amide bonds. The van der Waals surface area contributed by atoms with Gasteiger partial charge in [-0.05, 0) is 30.7 Å². The SMILES string of the molecule is CCCCN1/C(=C\C=C2\SC(=S)N(CC(=O)O)C2=O)Sc2ccccc21. The van der Waals surface area contributed by atoms with Gasteiger partial charge in [0.25, 0.3) is 5.91 Å². The van der Waals surface area contributed by atoms with Crippen LogP contribution in [-0.4, -0.2) is 39.3 Å². The summed E-state index contributed by atoms with van der Waals surface area (Å²) in [5.41, 5.74) is 1.18. The van der Waals surface area contributed by atoms with E-state index >= 15 is 0 Å². The summed E-state index contributed by atoms with van der Waals surface area (Å²) in [5, 5.41) is 9.97. The van der Waals surface area contributed by atoms with E-state index in [1.54, 1.807) is 17.8 Å².